The lowest BCUT2D eigenvalue weighted by atomic mass is 10.1. The quantitative estimate of drug-likeness (QED) is 0.374. The van der Waals surface area contributed by atoms with Crippen molar-refractivity contribution in [2.24, 2.45) is 10.7 Å². The van der Waals surface area contributed by atoms with Crippen molar-refractivity contribution in [2.45, 2.75) is 19.9 Å². The summed E-state index contributed by atoms with van der Waals surface area (Å²) >= 11 is 13.5. The standard InChI is InChI=1S/C25H30Cl2N6O3/c1-15(2)30-8-9-32(24-22(26)20(35-4)11-21(36-5)23(24)27)16-6-7-19-18(10-16)25(34)33(14-31-19)17(12-28)13-29-3/h6-7,10-15,30H,8-9,28H2,1-5H3. The largest absolute Gasteiger partial charge is 0.495 e. The normalized spacial score (nSPS) is 12.1. The Morgan fingerprint density at radius 3 is 2.44 bits per heavy atom. The first-order valence-electron chi connectivity index (χ1n) is 11.2. The number of aromatic nitrogens is 2. The van der Waals surface area contributed by atoms with E-state index in [1.807, 2.05) is 11.0 Å². The van der Waals surface area contributed by atoms with E-state index >= 15 is 0 Å². The molecule has 192 valence electrons. The molecule has 0 saturated heterocycles. The fraction of sp³-hybridized carbons (Fsp3) is 0.320. The highest BCUT2D eigenvalue weighted by Crippen LogP contribution is 2.48. The molecule has 3 aromatic rings. The number of halogens is 2. The Balaban J connectivity index is 2.25. The molecule has 0 aliphatic rings. The maximum atomic E-state index is 13.4. The van der Waals surface area contributed by atoms with Crippen molar-refractivity contribution in [3.8, 4) is 11.5 Å². The lowest BCUT2D eigenvalue weighted by Crippen LogP contribution is -2.33. The van der Waals surface area contributed by atoms with Crippen molar-refractivity contribution >= 4 is 57.4 Å². The van der Waals surface area contributed by atoms with Gasteiger partial charge in [-0.15, -0.1) is 0 Å². The Kier molecular flexibility index (Phi) is 9.19. The highest BCUT2D eigenvalue weighted by molar-refractivity contribution is 6.41. The second-order valence-electron chi connectivity index (χ2n) is 8.12. The number of ether oxygens (including phenoxy) is 2. The molecule has 3 rings (SSSR count). The number of anilines is 2. The number of nitrogens with zero attached hydrogens (tertiary/aromatic N) is 4. The zero-order chi connectivity index (χ0) is 26.4. The van der Waals surface area contributed by atoms with Gasteiger partial charge in [0.2, 0.25) is 0 Å². The van der Waals surface area contributed by atoms with Crippen LogP contribution in [0.5, 0.6) is 11.5 Å². The Morgan fingerprint density at radius 1 is 1.22 bits per heavy atom. The summed E-state index contributed by atoms with van der Waals surface area (Å²) in [5.41, 5.74) is 7.55. The number of rotatable bonds is 10. The van der Waals surface area contributed by atoms with Crippen LogP contribution in [0.3, 0.4) is 0 Å². The van der Waals surface area contributed by atoms with Crippen molar-refractivity contribution < 1.29 is 9.47 Å². The minimum atomic E-state index is -0.292. The number of hydrogen-bond donors (Lipinski definition) is 2. The smallest absolute Gasteiger partial charge is 0.265 e. The zero-order valence-corrected chi connectivity index (χ0v) is 22.4. The van der Waals surface area contributed by atoms with Gasteiger partial charge in [0.25, 0.3) is 5.56 Å². The molecule has 1 aromatic heterocycles. The molecule has 0 aliphatic carbocycles. The van der Waals surface area contributed by atoms with E-state index in [-0.39, 0.29) is 11.6 Å². The zero-order valence-electron chi connectivity index (χ0n) is 20.9. The van der Waals surface area contributed by atoms with E-state index in [4.69, 9.17) is 38.4 Å². The van der Waals surface area contributed by atoms with Gasteiger partial charge in [-0.1, -0.05) is 37.0 Å². The number of benzene rings is 2. The van der Waals surface area contributed by atoms with Crippen LogP contribution < -0.4 is 31.0 Å². The average molecular weight is 533 g/mol. The topological polar surface area (TPSA) is 107 Å². The SMILES string of the molecule is CN=CC(=CN)n1cnc2ccc(N(CCNC(C)C)c3c(Cl)c(OC)cc(OC)c3Cl)cc2c1=O. The van der Waals surface area contributed by atoms with Gasteiger partial charge in [-0.05, 0) is 18.2 Å². The van der Waals surface area contributed by atoms with Crippen LogP contribution in [-0.4, -0.2) is 56.2 Å². The predicted octanol–water partition coefficient (Wildman–Crippen LogP) is 4.31. The van der Waals surface area contributed by atoms with Gasteiger partial charge in [-0.25, -0.2) is 4.98 Å². The molecule has 0 bridgehead atoms. The lowest BCUT2D eigenvalue weighted by molar-refractivity contribution is 0.395. The van der Waals surface area contributed by atoms with Gasteiger partial charge < -0.3 is 25.4 Å². The summed E-state index contributed by atoms with van der Waals surface area (Å²) in [6.07, 6.45) is 4.22. The maximum absolute atomic E-state index is 13.4. The number of hydrogen-bond acceptors (Lipinski definition) is 8. The monoisotopic (exact) mass is 532 g/mol. The molecule has 2 aromatic carbocycles. The van der Waals surface area contributed by atoms with Crippen LogP contribution in [0.4, 0.5) is 11.4 Å². The highest BCUT2D eigenvalue weighted by Gasteiger charge is 2.24. The van der Waals surface area contributed by atoms with Crippen LogP contribution in [0.25, 0.3) is 16.6 Å². The first-order chi connectivity index (χ1) is 17.3. The van der Waals surface area contributed by atoms with E-state index in [9.17, 15) is 4.79 Å². The predicted molar refractivity (Wildman–Crippen MR) is 149 cm³/mol. The summed E-state index contributed by atoms with van der Waals surface area (Å²) in [5, 5.41) is 4.44. The second-order valence-corrected chi connectivity index (χ2v) is 8.87. The molecule has 0 unspecified atom stereocenters. The molecular weight excluding hydrogens is 503 g/mol. The highest BCUT2D eigenvalue weighted by atomic mass is 35.5. The summed E-state index contributed by atoms with van der Waals surface area (Å²) in [6.45, 7) is 5.23. The summed E-state index contributed by atoms with van der Waals surface area (Å²) < 4.78 is 12.3. The minimum Gasteiger partial charge on any atom is -0.495 e. The number of allylic oxidation sites excluding steroid dienone is 1. The minimum absolute atomic E-state index is 0.271. The molecule has 0 spiro atoms. The maximum Gasteiger partial charge on any atom is 0.265 e. The number of nitrogens with two attached hydrogens (primary N) is 1. The van der Waals surface area contributed by atoms with Gasteiger partial charge in [0.1, 0.15) is 27.9 Å². The molecule has 0 atom stereocenters. The van der Waals surface area contributed by atoms with Gasteiger partial charge in [-0.3, -0.25) is 14.4 Å². The van der Waals surface area contributed by atoms with Crippen molar-refractivity contribution in [1.29, 1.82) is 0 Å². The van der Waals surface area contributed by atoms with E-state index in [0.717, 1.165) is 0 Å². The molecule has 0 amide bonds. The third kappa shape index (κ3) is 5.59. The number of fused-ring (bicyclic) bond motifs is 1. The molecule has 0 fully saturated rings. The number of aliphatic imine (C=N–C) groups is 1. The molecule has 11 heteroatoms. The van der Waals surface area contributed by atoms with E-state index in [0.29, 0.717) is 62.6 Å². The summed E-state index contributed by atoms with van der Waals surface area (Å²) in [6, 6.07) is 7.30. The van der Waals surface area contributed by atoms with Crippen LogP contribution >= 0.6 is 23.2 Å². The van der Waals surface area contributed by atoms with Gasteiger partial charge in [0, 0.05) is 50.3 Å². The Bertz CT molecular complexity index is 1330. The van der Waals surface area contributed by atoms with Gasteiger partial charge in [0.05, 0.1) is 36.5 Å². The van der Waals surface area contributed by atoms with Crippen molar-refractivity contribution in [2.75, 3.05) is 39.3 Å². The van der Waals surface area contributed by atoms with Crippen LogP contribution in [0.1, 0.15) is 13.8 Å². The molecule has 36 heavy (non-hydrogen) atoms. The second kappa shape index (κ2) is 12.1. The lowest BCUT2D eigenvalue weighted by Gasteiger charge is -2.29. The number of nitrogens with one attached hydrogen (secondary N) is 1. The molecular formula is C25H30Cl2N6O3. The molecule has 0 saturated carbocycles. The van der Waals surface area contributed by atoms with Crippen molar-refractivity contribution in [1.82, 2.24) is 14.9 Å². The van der Waals surface area contributed by atoms with E-state index in [2.05, 4.69) is 29.1 Å². The Labute approximate surface area is 220 Å². The van der Waals surface area contributed by atoms with Gasteiger partial charge >= 0.3 is 0 Å². The Hall–Kier alpha value is -3.27. The van der Waals surface area contributed by atoms with E-state index < -0.39 is 0 Å². The summed E-state index contributed by atoms with van der Waals surface area (Å²) in [7, 11) is 4.64. The average Bonchev–Trinajstić information content (AvgIpc) is 2.87. The fourth-order valence-electron chi connectivity index (χ4n) is 3.72. The number of methoxy groups -OCH3 is 2. The van der Waals surface area contributed by atoms with Crippen LogP contribution in [-0.2, 0) is 0 Å². The third-order valence-corrected chi connectivity index (χ3v) is 6.20. The molecule has 3 N–H and O–H groups in total. The molecule has 1 heterocycles. The van der Waals surface area contributed by atoms with Gasteiger partial charge in [-0.2, -0.15) is 0 Å². The molecule has 9 nitrogen and oxygen atoms in total. The molecule has 0 aliphatic heterocycles. The first-order valence-corrected chi connectivity index (χ1v) is 12.0. The third-order valence-electron chi connectivity index (χ3n) is 5.47. The van der Waals surface area contributed by atoms with Crippen LogP contribution in [0.15, 0.2) is 46.6 Å². The van der Waals surface area contributed by atoms with E-state index in [1.54, 1.807) is 25.2 Å². The summed E-state index contributed by atoms with van der Waals surface area (Å²) in [4.78, 5) is 23.7. The Morgan fingerprint density at radius 2 is 1.89 bits per heavy atom. The molecule has 0 radical (unpaired) electrons. The van der Waals surface area contributed by atoms with Gasteiger partial charge in [0.15, 0.2) is 0 Å². The van der Waals surface area contributed by atoms with E-state index in [1.165, 1.54) is 37.5 Å². The van der Waals surface area contributed by atoms with Crippen molar-refractivity contribution in [3.63, 3.8) is 0 Å². The van der Waals surface area contributed by atoms with Crippen LogP contribution in [0.2, 0.25) is 10.0 Å². The first kappa shape index (κ1) is 27.3. The van der Waals surface area contributed by atoms with Crippen LogP contribution in [0, 0.1) is 0 Å². The fourth-order valence-corrected chi connectivity index (χ4v) is 4.43. The van der Waals surface area contributed by atoms with Crippen molar-refractivity contribution in [3.05, 3.63) is 57.2 Å². The summed E-state index contributed by atoms with van der Waals surface area (Å²) in [5.74, 6) is 0.826.